The van der Waals surface area contributed by atoms with Crippen molar-refractivity contribution in [3.63, 3.8) is 0 Å². The number of pyridine rings is 1. The van der Waals surface area contributed by atoms with Crippen LogP contribution in [0, 0.1) is 5.92 Å². The number of rotatable bonds is 3. The summed E-state index contributed by atoms with van der Waals surface area (Å²) in [6.45, 7) is 2.82. The van der Waals surface area contributed by atoms with E-state index in [1.54, 1.807) is 6.07 Å². The zero-order valence-electron chi connectivity index (χ0n) is 11.3. The monoisotopic (exact) mass is 262 g/mol. The molecule has 1 aromatic heterocycles. The second kappa shape index (κ2) is 5.88. The minimum Gasteiger partial charge on any atom is -0.381 e. The third-order valence-electron chi connectivity index (χ3n) is 4.24. The predicted molar refractivity (Wildman–Crippen MR) is 74.3 cm³/mol. The van der Waals surface area contributed by atoms with Crippen molar-refractivity contribution in [1.82, 2.24) is 10.3 Å². The van der Waals surface area contributed by atoms with E-state index < -0.39 is 0 Å². The number of hydrogen-bond donors (Lipinski definition) is 2. The van der Waals surface area contributed by atoms with Crippen molar-refractivity contribution < 1.29 is 4.74 Å². The summed E-state index contributed by atoms with van der Waals surface area (Å²) in [5.41, 5.74) is 2.42. The van der Waals surface area contributed by atoms with E-state index in [-0.39, 0.29) is 5.56 Å². The summed E-state index contributed by atoms with van der Waals surface area (Å²) >= 11 is 0. The minimum atomic E-state index is 0.0140. The number of nitrogens with one attached hydrogen (secondary N) is 2. The van der Waals surface area contributed by atoms with E-state index in [2.05, 4.69) is 10.3 Å². The number of aromatic amines is 1. The summed E-state index contributed by atoms with van der Waals surface area (Å²) in [7, 11) is 0. The Morgan fingerprint density at radius 2 is 2.26 bits per heavy atom. The fourth-order valence-corrected chi connectivity index (χ4v) is 3.19. The Kier molecular flexibility index (Phi) is 3.99. The van der Waals surface area contributed by atoms with Gasteiger partial charge in [-0.25, -0.2) is 0 Å². The Balaban J connectivity index is 1.64. The average Bonchev–Trinajstić information content (AvgIpc) is 2.45. The van der Waals surface area contributed by atoms with Gasteiger partial charge in [0.15, 0.2) is 0 Å². The molecule has 2 heterocycles. The normalized spacial score (nSPS) is 26.9. The molecule has 2 aliphatic rings. The Labute approximate surface area is 113 Å². The molecule has 4 heteroatoms. The number of aromatic nitrogens is 1. The molecule has 2 atom stereocenters. The van der Waals surface area contributed by atoms with Crippen molar-refractivity contribution in [2.45, 2.75) is 38.1 Å². The Bertz CT molecular complexity index is 477. The smallest absolute Gasteiger partial charge is 0.248 e. The van der Waals surface area contributed by atoms with Crippen LogP contribution in [0.25, 0.3) is 0 Å². The van der Waals surface area contributed by atoms with E-state index in [9.17, 15) is 4.79 Å². The molecule has 0 spiro atoms. The second-order valence-electron chi connectivity index (χ2n) is 5.69. The van der Waals surface area contributed by atoms with E-state index >= 15 is 0 Å². The number of hydrogen-bond acceptors (Lipinski definition) is 3. The molecule has 1 fully saturated rings. The first kappa shape index (κ1) is 12.9. The Morgan fingerprint density at radius 3 is 3.11 bits per heavy atom. The summed E-state index contributed by atoms with van der Waals surface area (Å²) in [4.78, 5) is 14.3. The van der Waals surface area contributed by atoms with E-state index in [1.807, 2.05) is 6.07 Å². The number of ether oxygens (including phenoxy) is 1. The largest absolute Gasteiger partial charge is 0.381 e. The highest BCUT2D eigenvalue weighted by Crippen LogP contribution is 2.27. The molecule has 19 heavy (non-hydrogen) atoms. The van der Waals surface area contributed by atoms with Crippen LogP contribution in [-0.4, -0.2) is 24.7 Å². The summed E-state index contributed by atoms with van der Waals surface area (Å²) in [5, 5.41) is 3.66. The zero-order valence-corrected chi connectivity index (χ0v) is 11.3. The summed E-state index contributed by atoms with van der Waals surface area (Å²) in [6, 6.07) is 4.02. The number of H-pyrrole nitrogens is 1. The van der Waals surface area contributed by atoms with Gasteiger partial charge >= 0.3 is 0 Å². The van der Waals surface area contributed by atoms with Gasteiger partial charge in [-0.2, -0.15) is 0 Å². The second-order valence-corrected chi connectivity index (χ2v) is 5.69. The lowest BCUT2D eigenvalue weighted by atomic mass is 9.90. The van der Waals surface area contributed by atoms with Crippen LogP contribution >= 0.6 is 0 Å². The number of fused-ring (bicyclic) bond motifs is 1. The van der Waals surface area contributed by atoms with Gasteiger partial charge in [-0.1, -0.05) is 6.07 Å². The van der Waals surface area contributed by atoms with Crippen LogP contribution in [0.15, 0.2) is 16.9 Å². The maximum atomic E-state index is 11.4. The highest BCUT2D eigenvalue weighted by atomic mass is 16.5. The molecule has 0 radical (unpaired) electrons. The molecule has 4 nitrogen and oxygen atoms in total. The van der Waals surface area contributed by atoms with E-state index in [0.29, 0.717) is 12.0 Å². The summed E-state index contributed by atoms with van der Waals surface area (Å²) < 4.78 is 5.52. The third-order valence-corrected chi connectivity index (χ3v) is 4.24. The quantitative estimate of drug-likeness (QED) is 0.873. The van der Waals surface area contributed by atoms with Crippen molar-refractivity contribution in [2.75, 3.05) is 19.8 Å². The third kappa shape index (κ3) is 3.07. The standard InChI is InChI=1S/C15H22N2O2/c18-15-7-6-12-13(4-1-5-14(12)17-15)16-9-11-3-2-8-19-10-11/h6-7,11,13,16H,1-5,8-10H2,(H,17,18). The zero-order chi connectivity index (χ0) is 13.1. The van der Waals surface area contributed by atoms with Gasteiger partial charge in [-0.15, -0.1) is 0 Å². The lowest BCUT2D eigenvalue weighted by Gasteiger charge is -2.29. The van der Waals surface area contributed by atoms with Crippen LogP contribution in [0.5, 0.6) is 0 Å². The molecule has 0 bridgehead atoms. The molecule has 1 saturated heterocycles. The highest BCUT2D eigenvalue weighted by Gasteiger charge is 2.22. The van der Waals surface area contributed by atoms with Gasteiger partial charge in [0.05, 0.1) is 6.61 Å². The Hall–Kier alpha value is -1.13. The first-order chi connectivity index (χ1) is 9.33. The van der Waals surface area contributed by atoms with Crippen molar-refractivity contribution in [3.8, 4) is 0 Å². The lowest BCUT2D eigenvalue weighted by molar-refractivity contribution is 0.0535. The van der Waals surface area contributed by atoms with Gasteiger partial charge in [-0.3, -0.25) is 4.79 Å². The lowest BCUT2D eigenvalue weighted by Crippen LogP contribution is -2.34. The van der Waals surface area contributed by atoms with Gasteiger partial charge < -0.3 is 15.0 Å². The fourth-order valence-electron chi connectivity index (χ4n) is 3.19. The molecule has 3 rings (SSSR count). The molecule has 0 saturated carbocycles. The summed E-state index contributed by atoms with van der Waals surface area (Å²) in [6.07, 6.45) is 5.74. The molecular formula is C15H22N2O2. The van der Waals surface area contributed by atoms with Crippen molar-refractivity contribution in [1.29, 1.82) is 0 Å². The van der Waals surface area contributed by atoms with Crippen molar-refractivity contribution >= 4 is 0 Å². The van der Waals surface area contributed by atoms with Gasteiger partial charge in [0.1, 0.15) is 0 Å². The molecule has 1 aromatic rings. The highest BCUT2D eigenvalue weighted by molar-refractivity contribution is 5.26. The van der Waals surface area contributed by atoms with Gasteiger partial charge in [0.25, 0.3) is 0 Å². The predicted octanol–water partition coefficient (Wildman–Crippen LogP) is 1.77. The maximum Gasteiger partial charge on any atom is 0.248 e. The molecule has 104 valence electrons. The topological polar surface area (TPSA) is 54.1 Å². The molecule has 0 aromatic carbocycles. The van der Waals surface area contributed by atoms with Crippen LogP contribution in [0.2, 0.25) is 0 Å². The Morgan fingerprint density at radius 1 is 1.32 bits per heavy atom. The molecule has 1 aliphatic heterocycles. The molecule has 2 unspecified atom stereocenters. The van der Waals surface area contributed by atoms with E-state index in [4.69, 9.17) is 4.74 Å². The molecule has 0 amide bonds. The van der Waals surface area contributed by atoms with Crippen LogP contribution in [0.1, 0.15) is 43.0 Å². The van der Waals surface area contributed by atoms with Crippen LogP contribution in [0.4, 0.5) is 0 Å². The average molecular weight is 262 g/mol. The van der Waals surface area contributed by atoms with Gasteiger partial charge in [0.2, 0.25) is 5.56 Å². The van der Waals surface area contributed by atoms with Crippen molar-refractivity contribution in [2.24, 2.45) is 5.92 Å². The van der Waals surface area contributed by atoms with Crippen molar-refractivity contribution in [3.05, 3.63) is 33.7 Å². The maximum absolute atomic E-state index is 11.4. The molecule has 2 N–H and O–H groups in total. The fraction of sp³-hybridized carbons (Fsp3) is 0.667. The first-order valence-corrected chi connectivity index (χ1v) is 7.36. The number of aryl methyl sites for hydroxylation is 1. The van der Waals surface area contributed by atoms with Crippen LogP contribution in [-0.2, 0) is 11.2 Å². The summed E-state index contributed by atoms with van der Waals surface area (Å²) in [5.74, 6) is 0.641. The van der Waals surface area contributed by atoms with Crippen LogP contribution in [0.3, 0.4) is 0 Å². The van der Waals surface area contributed by atoms with Crippen LogP contribution < -0.4 is 10.9 Å². The molecular weight excluding hydrogens is 240 g/mol. The first-order valence-electron chi connectivity index (χ1n) is 7.36. The molecule has 1 aliphatic carbocycles. The van der Waals surface area contributed by atoms with E-state index in [0.717, 1.165) is 44.7 Å². The van der Waals surface area contributed by atoms with Gasteiger partial charge in [-0.05, 0) is 43.6 Å². The van der Waals surface area contributed by atoms with E-state index in [1.165, 1.54) is 18.4 Å². The SMILES string of the molecule is O=c1ccc2c([nH]1)CCCC2NCC1CCCOC1. The van der Waals surface area contributed by atoms with Gasteiger partial charge in [0, 0.05) is 31.0 Å². The minimum absolute atomic E-state index is 0.0140.